The minimum Gasteiger partial charge on any atom is -0.488 e. The van der Waals surface area contributed by atoms with E-state index in [2.05, 4.69) is 12.1 Å². The Bertz CT molecular complexity index is 986. The number of aliphatic hydroxyl groups excluding tert-OH is 1. The number of rotatable bonds is 8. The average molecular weight is 419 g/mol. The number of ether oxygens (including phenoxy) is 2. The van der Waals surface area contributed by atoms with Gasteiger partial charge >= 0.3 is 5.97 Å². The lowest BCUT2D eigenvalue weighted by molar-refractivity contribution is 0.00694. The van der Waals surface area contributed by atoms with Crippen LogP contribution in [0.4, 0.5) is 0 Å². The van der Waals surface area contributed by atoms with Gasteiger partial charge in [-0.3, -0.25) is 0 Å². The Balaban J connectivity index is 1.68. The van der Waals surface area contributed by atoms with E-state index in [9.17, 15) is 9.90 Å². The van der Waals surface area contributed by atoms with Gasteiger partial charge in [-0.15, -0.1) is 0 Å². The van der Waals surface area contributed by atoms with Crippen LogP contribution in [0, 0.1) is 0 Å². The molecule has 0 bridgehead atoms. The van der Waals surface area contributed by atoms with Crippen molar-refractivity contribution in [2.75, 3.05) is 0 Å². The van der Waals surface area contributed by atoms with Crippen molar-refractivity contribution in [1.29, 1.82) is 0 Å². The summed E-state index contributed by atoms with van der Waals surface area (Å²) in [6.45, 7) is 5.82. The number of carbonyl (C=O) groups excluding carboxylic acids is 1. The van der Waals surface area contributed by atoms with E-state index in [0.29, 0.717) is 12.2 Å². The Kier molecular flexibility index (Phi) is 7.48. The monoisotopic (exact) mass is 418 g/mol. The number of para-hydroxylation sites is 1. The maximum Gasteiger partial charge on any atom is 0.338 e. The van der Waals surface area contributed by atoms with Crippen LogP contribution in [0.1, 0.15) is 53.4 Å². The number of aliphatic hydroxyl groups is 1. The molecule has 0 unspecified atom stereocenters. The van der Waals surface area contributed by atoms with Crippen LogP contribution in [0.2, 0.25) is 0 Å². The molecule has 0 aliphatic heterocycles. The zero-order valence-electron chi connectivity index (χ0n) is 18.4. The largest absolute Gasteiger partial charge is 0.488 e. The molecule has 0 saturated heterocycles. The fourth-order valence-corrected chi connectivity index (χ4v) is 3.30. The fraction of sp³-hybridized carbons (Fsp3) is 0.296. The first-order valence-corrected chi connectivity index (χ1v) is 10.6. The van der Waals surface area contributed by atoms with E-state index in [4.69, 9.17) is 9.47 Å². The molecule has 0 radical (unpaired) electrons. The van der Waals surface area contributed by atoms with Crippen molar-refractivity contribution in [2.45, 2.75) is 52.4 Å². The summed E-state index contributed by atoms with van der Waals surface area (Å²) in [6.07, 6.45) is 1.72. The molecule has 3 rings (SSSR count). The van der Waals surface area contributed by atoms with Crippen molar-refractivity contribution in [3.63, 3.8) is 0 Å². The number of benzene rings is 3. The molecule has 0 aromatic heterocycles. The molecule has 162 valence electrons. The summed E-state index contributed by atoms with van der Waals surface area (Å²) in [5, 5.41) is 9.78. The third-order valence-corrected chi connectivity index (χ3v) is 4.85. The first-order chi connectivity index (χ1) is 14.9. The lowest BCUT2D eigenvalue weighted by Crippen LogP contribution is -2.23. The second-order valence-electron chi connectivity index (χ2n) is 8.54. The lowest BCUT2D eigenvalue weighted by Gasteiger charge is -2.19. The zero-order valence-corrected chi connectivity index (χ0v) is 18.4. The highest BCUT2D eigenvalue weighted by atomic mass is 16.6. The first kappa shape index (κ1) is 22.6. The molecular weight excluding hydrogens is 388 g/mol. The van der Waals surface area contributed by atoms with Gasteiger partial charge in [0.1, 0.15) is 18.0 Å². The molecule has 4 nitrogen and oxygen atoms in total. The van der Waals surface area contributed by atoms with Crippen LogP contribution in [0.5, 0.6) is 5.75 Å². The standard InChI is InChI=1S/C27H30O4/c1-27(2,3)31-26(29)23-16-13-21(14-17-23)19-30-25-22(10-7-11-24(25)18-28)15-12-20-8-5-4-6-9-20/h4-11,13-14,16-17,28H,12,15,18-19H2,1-3H3. The molecule has 31 heavy (non-hydrogen) atoms. The van der Waals surface area contributed by atoms with E-state index < -0.39 is 5.60 Å². The molecule has 0 aliphatic rings. The molecular formula is C27H30O4. The molecule has 0 atom stereocenters. The van der Waals surface area contributed by atoms with Gasteiger partial charge in [0.25, 0.3) is 0 Å². The van der Waals surface area contributed by atoms with Gasteiger partial charge in [0, 0.05) is 5.56 Å². The third kappa shape index (κ3) is 6.69. The van der Waals surface area contributed by atoms with Gasteiger partial charge in [-0.05, 0) is 62.4 Å². The zero-order chi connectivity index (χ0) is 22.3. The van der Waals surface area contributed by atoms with Gasteiger partial charge in [0.15, 0.2) is 0 Å². The number of hydrogen-bond donors (Lipinski definition) is 1. The molecule has 0 aliphatic carbocycles. The smallest absolute Gasteiger partial charge is 0.338 e. The summed E-state index contributed by atoms with van der Waals surface area (Å²) >= 11 is 0. The highest BCUT2D eigenvalue weighted by Crippen LogP contribution is 2.27. The van der Waals surface area contributed by atoms with Crippen LogP contribution in [-0.4, -0.2) is 16.7 Å². The lowest BCUT2D eigenvalue weighted by atomic mass is 10.0. The number of esters is 1. The molecule has 0 fully saturated rings. The normalized spacial score (nSPS) is 11.2. The predicted octanol–water partition coefficient (Wildman–Crippen LogP) is 5.50. The van der Waals surface area contributed by atoms with Crippen molar-refractivity contribution in [1.82, 2.24) is 0 Å². The summed E-state index contributed by atoms with van der Waals surface area (Å²) in [7, 11) is 0. The Morgan fingerprint density at radius 2 is 1.48 bits per heavy atom. The van der Waals surface area contributed by atoms with Crippen LogP contribution in [0.3, 0.4) is 0 Å². The molecule has 3 aromatic rings. The van der Waals surface area contributed by atoms with E-state index >= 15 is 0 Å². The Labute approximate surface area is 184 Å². The van der Waals surface area contributed by atoms with Crippen LogP contribution >= 0.6 is 0 Å². The molecule has 0 heterocycles. The average Bonchev–Trinajstić information content (AvgIpc) is 2.76. The van der Waals surface area contributed by atoms with E-state index in [1.54, 1.807) is 12.1 Å². The van der Waals surface area contributed by atoms with Gasteiger partial charge in [-0.25, -0.2) is 4.79 Å². The van der Waals surface area contributed by atoms with Crippen molar-refractivity contribution >= 4 is 5.97 Å². The van der Waals surface area contributed by atoms with E-state index in [1.165, 1.54) is 5.56 Å². The van der Waals surface area contributed by atoms with Crippen LogP contribution in [0.15, 0.2) is 72.8 Å². The van der Waals surface area contributed by atoms with E-state index in [0.717, 1.165) is 35.3 Å². The minimum atomic E-state index is -0.525. The van der Waals surface area contributed by atoms with Crippen LogP contribution in [-0.2, 0) is 30.8 Å². The van der Waals surface area contributed by atoms with Crippen LogP contribution in [0.25, 0.3) is 0 Å². The highest BCUT2D eigenvalue weighted by molar-refractivity contribution is 5.89. The van der Waals surface area contributed by atoms with Gasteiger partial charge in [0.2, 0.25) is 0 Å². The number of hydrogen-bond acceptors (Lipinski definition) is 4. The Morgan fingerprint density at radius 3 is 2.13 bits per heavy atom. The van der Waals surface area contributed by atoms with E-state index in [-0.39, 0.29) is 12.6 Å². The quantitative estimate of drug-likeness (QED) is 0.491. The second kappa shape index (κ2) is 10.3. The first-order valence-electron chi connectivity index (χ1n) is 10.6. The summed E-state index contributed by atoms with van der Waals surface area (Å²) in [6, 6.07) is 23.4. The maximum absolute atomic E-state index is 12.2. The number of aryl methyl sites for hydroxylation is 2. The topological polar surface area (TPSA) is 55.8 Å². The molecule has 4 heteroatoms. The molecule has 0 spiro atoms. The Morgan fingerprint density at radius 1 is 0.806 bits per heavy atom. The molecule has 3 aromatic carbocycles. The van der Waals surface area contributed by atoms with Gasteiger partial charge in [0.05, 0.1) is 12.2 Å². The van der Waals surface area contributed by atoms with Gasteiger partial charge in [-0.1, -0.05) is 60.7 Å². The van der Waals surface area contributed by atoms with Crippen molar-refractivity contribution in [2.24, 2.45) is 0 Å². The molecule has 0 amide bonds. The van der Waals surface area contributed by atoms with Crippen molar-refractivity contribution in [3.05, 3.63) is 101 Å². The summed E-state index contributed by atoms with van der Waals surface area (Å²) in [4.78, 5) is 12.2. The van der Waals surface area contributed by atoms with Crippen molar-refractivity contribution < 1.29 is 19.4 Å². The Hall–Kier alpha value is -3.11. The SMILES string of the molecule is CC(C)(C)OC(=O)c1ccc(COc2c(CO)cccc2CCc2ccccc2)cc1. The highest BCUT2D eigenvalue weighted by Gasteiger charge is 2.17. The second-order valence-corrected chi connectivity index (χ2v) is 8.54. The fourth-order valence-electron chi connectivity index (χ4n) is 3.30. The summed E-state index contributed by atoms with van der Waals surface area (Å²) in [5.74, 6) is 0.394. The summed E-state index contributed by atoms with van der Waals surface area (Å²) < 4.78 is 11.5. The van der Waals surface area contributed by atoms with Gasteiger partial charge in [-0.2, -0.15) is 0 Å². The van der Waals surface area contributed by atoms with Crippen molar-refractivity contribution in [3.8, 4) is 5.75 Å². The van der Waals surface area contributed by atoms with Crippen LogP contribution < -0.4 is 4.74 Å². The minimum absolute atomic E-state index is 0.0773. The summed E-state index contributed by atoms with van der Waals surface area (Å²) in [5.41, 5.74) is 4.03. The number of carbonyl (C=O) groups is 1. The molecule has 0 saturated carbocycles. The predicted molar refractivity (Wildman–Crippen MR) is 122 cm³/mol. The van der Waals surface area contributed by atoms with E-state index in [1.807, 2.05) is 69.3 Å². The third-order valence-electron chi connectivity index (χ3n) is 4.85. The maximum atomic E-state index is 12.2. The molecule has 1 N–H and O–H groups in total. The van der Waals surface area contributed by atoms with Gasteiger partial charge < -0.3 is 14.6 Å².